The van der Waals surface area contributed by atoms with Gasteiger partial charge in [-0.2, -0.15) is 0 Å². The van der Waals surface area contributed by atoms with Crippen molar-refractivity contribution in [3.8, 4) is 0 Å². The molecule has 0 aliphatic heterocycles. The minimum Gasteiger partial charge on any atom is -0.384 e. The number of rotatable bonds is 8. The number of halogens is 1. The molecule has 140 valence electrons. The van der Waals surface area contributed by atoms with Crippen molar-refractivity contribution in [1.29, 1.82) is 0 Å². The van der Waals surface area contributed by atoms with Gasteiger partial charge in [0.25, 0.3) is 0 Å². The van der Waals surface area contributed by atoms with Gasteiger partial charge < -0.3 is 10.2 Å². The Kier molecular flexibility index (Phi) is 6.96. The van der Waals surface area contributed by atoms with Crippen LogP contribution < -0.4 is 5.32 Å². The van der Waals surface area contributed by atoms with E-state index in [0.29, 0.717) is 10.8 Å². The zero-order chi connectivity index (χ0) is 19.1. The third-order valence-electron chi connectivity index (χ3n) is 4.22. The van der Waals surface area contributed by atoms with Gasteiger partial charge in [-0.3, -0.25) is 9.78 Å². The first-order valence-electron chi connectivity index (χ1n) is 8.83. The number of nitrogens with one attached hydrogen (secondary N) is 1. The van der Waals surface area contributed by atoms with Crippen molar-refractivity contribution < 1.29 is 4.79 Å². The molecule has 0 aliphatic carbocycles. The van der Waals surface area contributed by atoms with Crippen LogP contribution in [0.1, 0.15) is 6.42 Å². The fourth-order valence-corrected chi connectivity index (χ4v) is 3.74. The van der Waals surface area contributed by atoms with E-state index in [1.54, 1.807) is 22.9 Å². The van der Waals surface area contributed by atoms with Gasteiger partial charge in [0.15, 0.2) is 0 Å². The van der Waals surface area contributed by atoms with E-state index >= 15 is 0 Å². The zero-order valence-electron chi connectivity index (χ0n) is 15.2. The summed E-state index contributed by atoms with van der Waals surface area (Å²) in [5.41, 5.74) is 1.91. The predicted molar refractivity (Wildman–Crippen MR) is 115 cm³/mol. The van der Waals surface area contributed by atoms with E-state index in [1.165, 1.54) is 0 Å². The smallest absolute Gasteiger partial charge is 0.232 e. The lowest BCUT2D eigenvalue weighted by atomic mass is 10.2. The average Bonchev–Trinajstić information content (AvgIpc) is 2.69. The Bertz CT molecular complexity index is 904. The first-order valence-corrected chi connectivity index (χ1v) is 10.2. The lowest BCUT2D eigenvalue weighted by molar-refractivity contribution is -0.127. The van der Waals surface area contributed by atoms with E-state index < -0.39 is 0 Å². The number of pyridine rings is 1. The topological polar surface area (TPSA) is 45.2 Å². The number of hydrogen-bond acceptors (Lipinski definition) is 4. The lowest BCUT2D eigenvalue weighted by Gasteiger charge is -2.17. The Morgan fingerprint density at radius 3 is 2.81 bits per heavy atom. The Hall–Kier alpha value is -2.24. The van der Waals surface area contributed by atoms with Crippen molar-refractivity contribution >= 4 is 45.9 Å². The molecule has 0 unspecified atom stereocenters. The third kappa shape index (κ3) is 5.62. The quantitative estimate of drug-likeness (QED) is 0.430. The normalized spacial score (nSPS) is 10.7. The molecule has 0 bridgehead atoms. The third-order valence-corrected chi connectivity index (χ3v) is 5.45. The standard InChI is InChI=1S/C21H22ClN3OS/c1-25(21(26)15-27-17-6-3-2-4-7-17)13-5-11-23-19-10-12-24-20-14-16(22)8-9-18(19)20/h2-4,6-10,12,14H,5,11,13,15H2,1H3,(H,23,24). The number of fused-ring (bicyclic) bond motifs is 1. The van der Waals surface area contributed by atoms with Crippen molar-refractivity contribution in [3.63, 3.8) is 0 Å². The Balaban J connectivity index is 1.44. The molecule has 1 aromatic heterocycles. The summed E-state index contributed by atoms with van der Waals surface area (Å²) >= 11 is 7.60. The molecule has 1 amide bonds. The van der Waals surface area contributed by atoms with Crippen molar-refractivity contribution in [2.24, 2.45) is 0 Å². The van der Waals surface area contributed by atoms with Crippen molar-refractivity contribution in [1.82, 2.24) is 9.88 Å². The zero-order valence-corrected chi connectivity index (χ0v) is 16.8. The van der Waals surface area contributed by atoms with Gasteiger partial charge in [-0.05, 0) is 42.8 Å². The van der Waals surface area contributed by atoms with Crippen LogP contribution in [-0.4, -0.2) is 41.7 Å². The molecule has 1 N–H and O–H groups in total. The minimum atomic E-state index is 0.146. The molecule has 6 heteroatoms. The van der Waals surface area contributed by atoms with Crippen LogP contribution in [0.15, 0.2) is 65.7 Å². The lowest BCUT2D eigenvalue weighted by Crippen LogP contribution is -2.30. The van der Waals surface area contributed by atoms with Crippen LogP contribution >= 0.6 is 23.4 Å². The second-order valence-electron chi connectivity index (χ2n) is 6.22. The van der Waals surface area contributed by atoms with Crippen LogP contribution in [-0.2, 0) is 4.79 Å². The molecule has 27 heavy (non-hydrogen) atoms. The van der Waals surface area contributed by atoms with Crippen molar-refractivity contribution in [2.45, 2.75) is 11.3 Å². The Morgan fingerprint density at radius 1 is 1.19 bits per heavy atom. The van der Waals surface area contributed by atoms with Gasteiger partial charge in [0.05, 0.1) is 11.3 Å². The van der Waals surface area contributed by atoms with E-state index in [9.17, 15) is 4.79 Å². The molecule has 0 aliphatic rings. The monoisotopic (exact) mass is 399 g/mol. The van der Waals surface area contributed by atoms with Gasteiger partial charge in [-0.25, -0.2) is 0 Å². The molecule has 0 saturated heterocycles. The molecule has 2 aromatic carbocycles. The van der Waals surface area contributed by atoms with Gasteiger partial charge in [0.1, 0.15) is 0 Å². The molecule has 4 nitrogen and oxygen atoms in total. The number of thioether (sulfide) groups is 1. The number of amides is 1. The maximum Gasteiger partial charge on any atom is 0.232 e. The molecular formula is C21H22ClN3OS. The largest absolute Gasteiger partial charge is 0.384 e. The van der Waals surface area contributed by atoms with Gasteiger partial charge in [-0.15, -0.1) is 11.8 Å². The van der Waals surface area contributed by atoms with Crippen LogP contribution in [0, 0.1) is 0 Å². The molecule has 3 aromatic rings. The summed E-state index contributed by atoms with van der Waals surface area (Å²) in [5, 5.41) is 5.16. The maximum absolute atomic E-state index is 12.3. The van der Waals surface area contributed by atoms with Crippen LogP contribution in [0.2, 0.25) is 5.02 Å². The number of nitrogens with zero attached hydrogens (tertiary/aromatic N) is 2. The van der Waals surface area contributed by atoms with Crippen molar-refractivity contribution in [3.05, 3.63) is 65.8 Å². The fourth-order valence-electron chi connectivity index (χ4n) is 2.71. The second kappa shape index (κ2) is 9.62. The summed E-state index contributed by atoms with van der Waals surface area (Å²) in [6.45, 7) is 1.50. The molecular weight excluding hydrogens is 378 g/mol. The molecule has 0 saturated carbocycles. The average molecular weight is 400 g/mol. The first kappa shape index (κ1) is 19.5. The number of carbonyl (C=O) groups excluding carboxylic acids is 1. The van der Waals surface area contributed by atoms with E-state index in [0.717, 1.165) is 41.0 Å². The number of aromatic nitrogens is 1. The van der Waals surface area contributed by atoms with E-state index in [4.69, 9.17) is 11.6 Å². The highest BCUT2D eigenvalue weighted by molar-refractivity contribution is 8.00. The minimum absolute atomic E-state index is 0.146. The molecule has 0 atom stereocenters. The summed E-state index contributed by atoms with van der Waals surface area (Å²) in [5.74, 6) is 0.608. The predicted octanol–water partition coefficient (Wildman–Crippen LogP) is 4.94. The molecule has 1 heterocycles. The highest BCUT2D eigenvalue weighted by atomic mass is 35.5. The maximum atomic E-state index is 12.3. The number of anilines is 1. The number of benzene rings is 2. The highest BCUT2D eigenvalue weighted by Gasteiger charge is 2.09. The van der Waals surface area contributed by atoms with E-state index in [1.807, 2.05) is 61.6 Å². The van der Waals surface area contributed by atoms with Crippen LogP contribution in [0.3, 0.4) is 0 Å². The van der Waals surface area contributed by atoms with Crippen LogP contribution in [0.25, 0.3) is 10.9 Å². The SMILES string of the molecule is CN(CCCNc1ccnc2cc(Cl)ccc12)C(=O)CSc1ccccc1. The van der Waals surface area contributed by atoms with Crippen LogP contribution in [0.4, 0.5) is 5.69 Å². The number of carbonyl (C=O) groups is 1. The Morgan fingerprint density at radius 2 is 2.00 bits per heavy atom. The van der Waals surface area contributed by atoms with E-state index in [2.05, 4.69) is 10.3 Å². The number of hydrogen-bond donors (Lipinski definition) is 1. The molecule has 0 fully saturated rings. The summed E-state index contributed by atoms with van der Waals surface area (Å²) in [7, 11) is 1.86. The fraction of sp³-hybridized carbons (Fsp3) is 0.238. The van der Waals surface area contributed by atoms with Gasteiger partial charge >= 0.3 is 0 Å². The van der Waals surface area contributed by atoms with Gasteiger partial charge in [-0.1, -0.05) is 29.8 Å². The highest BCUT2D eigenvalue weighted by Crippen LogP contribution is 2.24. The van der Waals surface area contributed by atoms with Gasteiger partial charge in [0.2, 0.25) is 5.91 Å². The molecule has 0 spiro atoms. The molecule has 0 radical (unpaired) electrons. The Labute approximate surface area is 168 Å². The molecule has 3 rings (SSSR count). The second-order valence-corrected chi connectivity index (χ2v) is 7.70. The summed E-state index contributed by atoms with van der Waals surface area (Å²) in [6.07, 6.45) is 2.65. The van der Waals surface area contributed by atoms with Crippen LogP contribution in [0.5, 0.6) is 0 Å². The summed E-state index contributed by atoms with van der Waals surface area (Å²) in [6, 6.07) is 17.7. The first-order chi connectivity index (χ1) is 13.1. The van der Waals surface area contributed by atoms with E-state index in [-0.39, 0.29) is 5.91 Å². The summed E-state index contributed by atoms with van der Waals surface area (Å²) < 4.78 is 0. The van der Waals surface area contributed by atoms with Crippen molar-refractivity contribution in [2.75, 3.05) is 31.2 Å². The summed E-state index contributed by atoms with van der Waals surface area (Å²) in [4.78, 5) is 19.5. The van der Waals surface area contributed by atoms with Gasteiger partial charge in [0, 0.05) is 47.3 Å².